The molecule has 176 valence electrons. The van der Waals surface area contributed by atoms with Crippen LogP contribution in [-0.2, 0) is 11.2 Å². The number of rotatable bonds is 6. The molecule has 7 nitrogen and oxygen atoms in total. The average Bonchev–Trinajstić information content (AvgIpc) is 3.11. The number of halogens is 1. The topological polar surface area (TPSA) is 74.8 Å². The second-order valence-electron chi connectivity index (χ2n) is 8.12. The zero-order valence-electron chi connectivity index (χ0n) is 19.0. The lowest BCUT2D eigenvalue weighted by molar-refractivity contribution is -0.115. The number of amides is 2. The maximum atomic E-state index is 12.9. The fraction of sp³-hybridized carbons (Fsp3) is 0.269. The zero-order valence-corrected chi connectivity index (χ0v) is 20.6. The first-order valence-corrected chi connectivity index (χ1v) is 12.0. The summed E-state index contributed by atoms with van der Waals surface area (Å²) in [5.41, 5.74) is 2.26. The van der Waals surface area contributed by atoms with Crippen molar-refractivity contribution in [2.45, 2.75) is 12.8 Å². The highest BCUT2D eigenvalue weighted by Crippen LogP contribution is 2.19. The van der Waals surface area contributed by atoms with E-state index in [2.05, 4.69) is 31.1 Å². The van der Waals surface area contributed by atoms with Gasteiger partial charge in [-0.1, -0.05) is 34.1 Å². The van der Waals surface area contributed by atoms with Gasteiger partial charge in [0, 0.05) is 36.2 Å². The monoisotopic (exact) mass is 522 g/mol. The minimum atomic E-state index is -0.101. The first-order valence-electron chi connectivity index (χ1n) is 11.2. The van der Waals surface area contributed by atoms with Crippen molar-refractivity contribution in [1.29, 1.82) is 0 Å². The van der Waals surface area contributed by atoms with Gasteiger partial charge in [-0.25, -0.2) is 4.98 Å². The summed E-state index contributed by atoms with van der Waals surface area (Å²) in [6.45, 7) is 2.86. The summed E-state index contributed by atoms with van der Waals surface area (Å²) >= 11 is 3.43. The number of carbonyl (C=O) groups is 2. The summed E-state index contributed by atoms with van der Waals surface area (Å²) in [7, 11) is 1.61. The second kappa shape index (κ2) is 11.2. The summed E-state index contributed by atoms with van der Waals surface area (Å²) in [5, 5.41) is 2.90. The molecule has 0 unspecified atom stereocenters. The molecule has 0 bridgehead atoms. The molecule has 1 saturated heterocycles. The smallest absolute Gasteiger partial charge is 0.253 e. The van der Waals surface area contributed by atoms with Gasteiger partial charge in [0.1, 0.15) is 11.6 Å². The van der Waals surface area contributed by atoms with Crippen LogP contribution in [0.4, 0.5) is 11.5 Å². The van der Waals surface area contributed by atoms with Crippen LogP contribution in [0, 0.1) is 0 Å². The van der Waals surface area contributed by atoms with E-state index in [0.717, 1.165) is 34.6 Å². The van der Waals surface area contributed by atoms with Crippen molar-refractivity contribution < 1.29 is 14.3 Å². The largest absolute Gasteiger partial charge is 0.497 e. The average molecular weight is 523 g/mol. The summed E-state index contributed by atoms with van der Waals surface area (Å²) in [4.78, 5) is 33.9. The van der Waals surface area contributed by atoms with Crippen molar-refractivity contribution in [2.24, 2.45) is 0 Å². The Balaban J connectivity index is 1.31. The Hall–Kier alpha value is -3.39. The molecule has 0 aliphatic carbocycles. The lowest BCUT2D eigenvalue weighted by atomic mass is 10.1. The van der Waals surface area contributed by atoms with Crippen LogP contribution in [-0.4, -0.2) is 55.0 Å². The molecule has 34 heavy (non-hydrogen) atoms. The molecule has 8 heteroatoms. The molecule has 0 spiro atoms. The number of carbonyl (C=O) groups excluding carboxylic acids is 2. The normalized spacial score (nSPS) is 13.8. The van der Waals surface area contributed by atoms with Crippen LogP contribution >= 0.6 is 15.9 Å². The number of pyridine rings is 1. The van der Waals surface area contributed by atoms with Gasteiger partial charge in [-0.05, 0) is 54.4 Å². The van der Waals surface area contributed by atoms with Gasteiger partial charge in [-0.2, -0.15) is 0 Å². The molecule has 2 heterocycles. The van der Waals surface area contributed by atoms with Gasteiger partial charge in [0.25, 0.3) is 5.91 Å². The molecular weight excluding hydrogens is 496 g/mol. The highest BCUT2D eigenvalue weighted by atomic mass is 79.9. The van der Waals surface area contributed by atoms with E-state index in [1.165, 1.54) is 0 Å². The van der Waals surface area contributed by atoms with E-state index in [0.29, 0.717) is 30.9 Å². The number of methoxy groups -OCH3 is 1. The Morgan fingerprint density at radius 1 is 1.03 bits per heavy atom. The standard InChI is InChI=1S/C26H27BrN4O3/c1-34-23-9-6-19(7-10-23)16-25(32)29-22-8-11-24(28-18-22)30-12-3-13-31(15-14-30)26(33)20-4-2-5-21(27)17-20/h2,4-11,17-18H,3,12-16H2,1H3,(H,29,32). The Kier molecular flexibility index (Phi) is 7.80. The summed E-state index contributed by atoms with van der Waals surface area (Å²) < 4.78 is 6.05. The van der Waals surface area contributed by atoms with Crippen LogP contribution in [0.2, 0.25) is 0 Å². The Morgan fingerprint density at radius 2 is 1.85 bits per heavy atom. The van der Waals surface area contributed by atoms with E-state index in [1.807, 2.05) is 65.6 Å². The van der Waals surface area contributed by atoms with Crippen LogP contribution in [0.15, 0.2) is 71.3 Å². The fourth-order valence-electron chi connectivity index (χ4n) is 3.93. The minimum absolute atomic E-state index is 0.0472. The molecule has 1 aliphatic rings. The second-order valence-corrected chi connectivity index (χ2v) is 9.04. The molecule has 0 saturated carbocycles. The highest BCUT2D eigenvalue weighted by molar-refractivity contribution is 9.10. The van der Waals surface area contributed by atoms with Gasteiger partial charge in [0.15, 0.2) is 0 Å². The van der Waals surface area contributed by atoms with E-state index in [1.54, 1.807) is 13.3 Å². The van der Waals surface area contributed by atoms with E-state index in [9.17, 15) is 9.59 Å². The van der Waals surface area contributed by atoms with Crippen LogP contribution in [0.1, 0.15) is 22.3 Å². The van der Waals surface area contributed by atoms with E-state index >= 15 is 0 Å². The van der Waals surface area contributed by atoms with Crippen molar-refractivity contribution in [3.05, 3.63) is 82.5 Å². The maximum absolute atomic E-state index is 12.9. The third-order valence-corrected chi connectivity index (χ3v) is 6.23. The van der Waals surface area contributed by atoms with E-state index < -0.39 is 0 Å². The van der Waals surface area contributed by atoms with Crippen LogP contribution in [0.5, 0.6) is 5.75 Å². The lowest BCUT2D eigenvalue weighted by Gasteiger charge is -2.23. The molecule has 3 aromatic rings. The van der Waals surface area contributed by atoms with Gasteiger partial charge in [0.2, 0.25) is 5.91 Å². The molecule has 1 fully saturated rings. The molecule has 1 aromatic heterocycles. The third kappa shape index (κ3) is 6.14. The molecule has 0 atom stereocenters. The molecule has 1 aliphatic heterocycles. The van der Waals surface area contributed by atoms with Gasteiger partial charge in [-0.15, -0.1) is 0 Å². The van der Waals surface area contributed by atoms with Crippen LogP contribution < -0.4 is 15.0 Å². The van der Waals surface area contributed by atoms with Gasteiger partial charge >= 0.3 is 0 Å². The summed E-state index contributed by atoms with van der Waals surface area (Å²) in [5.74, 6) is 1.55. The van der Waals surface area contributed by atoms with Gasteiger partial charge in [0.05, 0.1) is 25.4 Å². The number of nitrogens with one attached hydrogen (secondary N) is 1. The molecule has 2 aromatic carbocycles. The van der Waals surface area contributed by atoms with Crippen molar-refractivity contribution >= 4 is 39.2 Å². The molecule has 4 rings (SSSR count). The molecule has 1 N–H and O–H groups in total. The first-order chi connectivity index (χ1) is 16.5. The third-order valence-electron chi connectivity index (χ3n) is 5.73. The lowest BCUT2D eigenvalue weighted by Crippen LogP contribution is -2.35. The number of ether oxygens (including phenoxy) is 1. The number of nitrogens with zero attached hydrogens (tertiary/aromatic N) is 3. The zero-order chi connectivity index (χ0) is 23.9. The maximum Gasteiger partial charge on any atom is 0.253 e. The number of benzene rings is 2. The predicted molar refractivity (Wildman–Crippen MR) is 136 cm³/mol. The van der Waals surface area contributed by atoms with E-state index in [4.69, 9.17) is 4.74 Å². The number of hydrogen-bond acceptors (Lipinski definition) is 5. The van der Waals surface area contributed by atoms with Crippen molar-refractivity contribution in [3.8, 4) is 5.75 Å². The minimum Gasteiger partial charge on any atom is -0.497 e. The number of aromatic nitrogens is 1. The summed E-state index contributed by atoms with van der Waals surface area (Å²) in [6, 6.07) is 18.7. The Labute approximate surface area is 207 Å². The first kappa shape index (κ1) is 23.8. The highest BCUT2D eigenvalue weighted by Gasteiger charge is 2.21. The Morgan fingerprint density at radius 3 is 2.56 bits per heavy atom. The van der Waals surface area contributed by atoms with Gasteiger partial charge < -0.3 is 19.9 Å². The number of anilines is 2. The van der Waals surface area contributed by atoms with Crippen molar-refractivity contribution in [1.82, 2.24) is 9.88 Å². The van der Waals surface area contributed by atoms with Crippen molar-refractivity contribution in [2.75, 3.05) is 43.5 Å². The SMILES string of the molecule is COc1ccc(CC(=O)Nc2ccc(N3CCCN(C(=O)c4cccc(Br)c4)CC3)nc2)cc1. The fourth-order valence-corrected chi connectivity index (χ4v) is 4.33. The van der Waals surface area contributed by atoms with Crippen molar-refractivity contribution in [3.63, 3.8) is 0 Å². The predicted octanol–water partition coefficient (Wildman–Crippen LogP) is 4.39. The molecular formula is C26H27BrN4O3. The van der Waals surface area contributed by atoms with Crippen LogP contribution in [0.3, 0.4) is 0 Å². The quantitative estimate of drug-likeness (QED) is 0.519. The summed E-state index contributed by atoms with van der Waals surface area (Å²) in [6.07, 6.45) is 2.82. The number of hydrogen-bond donors (Lipinski definition) is 1. The Bertz CT molecular complexity index is 1140. The molecule has 0 radical (unpaired) electrons. The van der Waals surface area contributed by atoms with Crippen LogP contribution in [0.25, 0.3) is 0 Å². The van der Waals surface area contributed by atoms with Gasteiger partial charge in [-0.3, -0.25) is 9.59 Å². The van der Waals surface area contributed by atoms with E-state index in [-0.39, 0.29) is 18.2 Å². The molecule has 2 amide bonds.